The van der Waals surface area contributed by atoms with E-state index in [9.17, 15) is 0 Å². The van der Waals surface area contributed by atoms with Crippen molar-refractivity contribution in [1.82, 2.24) is 15.2 Å². The second kappa shape index (κ2) is 10.9. The smallest absolute Gasteiger partial charge is 0.0705 e. The van der Waals surface area contributed by atoms with Crippen LogP contribution in [0.1, 0.15) is 44.2 Å². The van der Waals surface area contributed by atoms with E-state index in [2.05, 4.69) is 52.5 Å². The van der Waals surface area contributed by atoms with Gasteiger partial charge in [-0.3, -0.25) is 9.88 Å². The number of rotatable bonds is 6. The fourth-order valence-electron chi connectivity index (χ4n) is 3.52. The summed E-state index contributed by atoms with van der Waals surface area (Å²) < 4.78 is 0. The number of hydrogen-bond donors (Lipinski definition) is 1. The number of fused-ring (bicyclic) bond motifs is 1. The van der Waals surface area contributed by atoms with Gasteiger partial charge < -0.3 is 5.32 Å². The molecule has 1 atom stereocenters. The van der Waals surface area contributed by atoms with Gasteiger partial charge in [0.05, 0.1) is 5.52 Å². The number of nitrogens with zero attached hydrogens (tertiary/aromatic N) is 2. The Hall–Kier alpha value is -0.870. The molecule has 0 aliphatic carbocycles. The number of piperazine rings is 1. The Balaban J connectivity index is 0.00000144. The van der Waals surface area contributed by atoms with E-state index >= 15 is 0 Å². The van der Waals surface area contributed by atoms with E-state index in [-0.39, 0.29) is 24.8 Å². The standard InChI is InChI=1S/C19H27N3.2ClH/c1-2-3-4-9-19(22-14-12-20-13-15-22)17-10-11-21-18-8-6-5-7-16(17)18;;/h5-8,10-11,19-20H,2-4,9,12-15H2,1H3;2*1H/t19-;;/m0../s1. The quantitative estimate of drug-likeness (QED) is 0.753. The number of nitrogens with one attached hydrogen (secondary N) is 1. The lowest BCUT2D eigenvalue weighted by molar-refractivity contribution is 0.163. The van der Waals surface area contributed by atoms with Gasteiger partial charge >= 0.3 is 0 Å². The Morgan fingerprint density at radius 1 is 1.08 bits per heavy atom. The molecule has 1 aromatic carbocycles. The first kappa shape index (κ1) is 21.2. The Labute approximate surface area is 158 Å². The summed E-state index contributed by atoms with van der Waals surface area (Å²) in [5.41, 5.74) is 2.58. The molecule has 0 spiro atoms. The molecule has 1 N–H and O–H groups in total. The van der Waals surface area contributed by atoms with Crippen LogP contribution < -0.4 is 5.32 Å². The topological polar surface area (TPSA) is 28.2 Å². The highest BCUT2D eigenvalue weighted by molar-refractivity contribution is 5.85. The summed E-state index contributed by atoms with van der Waals surface area (Å²) in [5, 5.41) is 4.80. The molecule has 0 bridgehead atoms. The molecule has 0 amide bonds. The third kappa shape index (κ3) is 5.06. The lowest BCUT2D eigenvalue weighted by Crippen LogP contribution is -2.45. The van der Waals surface area contributed by atoms with Crippen LogP contribution in [0, 0.1) is 0 Å². The van der Waals surface area contributed by atoms with Crippen LogP contribution in [-0.2, 0) is 0 Å². The minimum absolute atomic E-state index is 0. The van der Waals surface area contributed by atoms with Crippen molar-refractivity contribution in [2.24, 2.45) is 0 Å². The van der Waals surface area contributed by atoms with Gasteiger partial charge in [0, 0.05) is 43.8 Å². The first-order valence-corrected chi connectivity index (χ1v) is 8.68. The molecule has 2 heterocycles. The van der Waals surface area contributed by atoms with Crippen LogP contribution in [0.15, 0.2) is 36.5 Å². The summed E-state index contributed by atoms with van der Waals surface area (Å²) in [4.78, 5) is 7.20. The van der Waals surface area contributed by atoms with Gasteiger partial charge in [-0.15, -0.1) is 24.8 Å². The summed E-state index contributed by atoms with van der Waals surface area (Å²) >= 11 is 0. The summed E-state index contributed by atoms with van der Waals surface area (Å²) in [6.45, 7) is 6.78. The number of aromatic nitrogens is 1. The van der Waals surface area contributed by atoms with Gasteiger partial charge in [-0.05, 0) is 24.1 Å². The maximum absolute atomic E-state index is 4.53. The molecular formula is C19H29Cl2N3. The van der Waals surface area contributed by atoms with Gasteiger partial charge in [0.25, 0.3) is 0 Å². The largest absolute Gasteiger partial charge is 0.314 e. The average molecular weight is 370 g/mol. The van der Waals surface area contributed by atoms with Crippen molar-refractivity contribution in [1.29, 1.82) is 0 Å². The number of hydrogen-bond acceptors (Lipinski definition) is 3. The number of halogens is 2. The minimum atomic E-state index is 0. The zero-order chi connectivity index (χ0) is 15.2. The maximum Gasteiger partial charge on any atom is 0.0705 e. The molecule has 3 nitrogen and oxygen atoms in total. The fourth-order valence-corrected chi connectivity index (χ4v) is 3.52. The zero-order valence-electron chi connectivity index (χ0n) is 14.4. The molecule has 24 heavy (non-hydrogen) atoms. The van der Waals surface area contributed by atoms with Crippen LogP contribution in [-0.4, -0.2) is 36.1 Å². The number of para-hydroxylation sites is 1. The number of benzene rings is 1. The van der Waals surface area contributed by atoms with Gasteiger partial charge in [0.15, 0.2) is 0 Å². The molecule has 1 aliphatic rings. The van der Waals surface area contributed by atoms with E-state index in [4.69, 9.17) is 0 Å². The molecule has 2 aromatic rings. The van der Waals surface area contributed by atoms with Crippen molar-refractivity contribution < 1.29 is 0 Å². The van der Waals surface area contributed by atoms with Crippen molar-refractivity contribution in [2.75, 3.05) is 26.2 Å². The highest BCUT2D eigenvalue weighted by Gasteiger charge is 2.23. The minimum Gasteiger partial charge on any atom is -0.314 e. The Bertz CT molecular complexity index is 595. The lowest BCUT2D eigenvalue weighted by Gasteiger charge is -2.36. The SMILES string of the molecule is CCCCC[C@@H](c1ccnc2ccccc12)N1CCNCC1.Cl.Cl. The van der Waals surface area contributed by atoms with E-state index in [0.717, 1.165) is 31.7 Å². The molecule has 0 saturated carbocycles. The first-order valence-electron chi connectivity index (χ1n) is 8.68. The van der Waals surface area contributed by atoms with Gasteiger partial charge in [-0.25, -0.2) is 0 Å². The van der Waals surface area contributed by atoms with Gasteiger partial charge in [-0.2, -0.15) is 0 Å². The van der Waals surface area contributed by atoms with Crippen molar-refractivity contribution >= 4 is 35.7 Å². The van der Waals surface area contributed by atoms with Crippen LogP contribution >= 0.6 is 24.8 Å². The van der Waals surface area contributed by atoms with E-state index in [0.29, 0.717) is 6.04 Å². The van der Waals surface area contributed by atoms with Crippen LogP contribution in [0.25, 0.3) is 10.9 Å². The van der Waals surface area contributed by atoms with E-state index in [1.54, 1.807) is 0 Å². The highest BCUT2D eigenvalue weighted by atomic mass is 35.5. The molecule has 1 aliphatic heterocycles. The van der Waals surface area contributed by atoms with Crippen molar-refractivity contribution in [2.45, 2.75) is 38.6 Å². The Morgan fingerprint density at radius 2 is 1.83 bits per heavy atom. The van der Waals surface area contributed by atoms with Crippen LogP contribution in [0.2, 0.25) is 0 Å². The van der Waals surface area contributed by atoms with Gasteiger partial charge in [0.1, 0.15) is 0 Å². The van der Waals surface area contributed by atoms with Crippen LogP contribution in [0.3, 0.4) is 0 Å². The number of unbranched alkanes of at least 4 members (excludes halogenated alkanes) is 2. The summed E-state index contributed by atoms with van der Waals surface area (Å²) in [6.07, 6.45) is 7.15. The molecule has 0 radical (unpaired) electrons. The van der Waals surface area contributed by atoms with E-state index in [1.165, 1.54) is 36.6 Å². The monoisotopic (exact) mass is 369 g/mol. The highest BCUT2D eigenvalue weighted by Crippen LogP contribution is 2.31. The third-order valence-corrected chi connectivity index (χ3v) is 4.72. The zero-order valence-corrected chi connectivity index (χ0v) is 16.0. The molecule has 1 aromatic heterocycles. The normalized spacial score (nSPS) is 16.2. The molecule has 134 valence electrons. The van der Waals surface area contributed by atoms with Crippen molar-refractivity contribution in [3.05, 3.63) is 42.1 Å². The lowest BCUT2D eigenvalue weighted by atomic mass is 9.95. The fraction of sp³-hybridized carbons (Fsp3) is 0.526. The maximum atomic E-state index is 4.53. The summed E-state index contributed by atoms with van der Waals surface area (Å²) in [6, 6.07) is 11.3. The molecule has 5 heteroatoms. The molecule has 0 unspecified atom stereocenters. The van der Waals surface area contributed by atoms with Gasteiger partial charge in [-0.1, -0.05) is 44.4 Å². The molecule has 1 saturated heterocycles. The second-order valence-electron chi connectivity index (χ2n) is 6.21. The third-order valence-electron chi connectivity index (χ3n) is 4.72. The molecular weight excluding hydrogens is 341 g/mol. The van der Waals surface area contributed by atoms with E-state index in [1.807, 2.05) is 6.20 Å². The molecule has 1 fully saturated rings. The molecule has 3 rings (SSSR count). The predicted molar refractivity (Wildman–Crippen MR) is 108 cm³/mol. The number of pyridine rings is 1. The van der Waals surface area contributed by atoms with E-state index < -0.39 is 0 Å². The Morgan fingerprint density at radius 3 is 2.58 bits per heavy atom. The first-order chi connectivity index (χ1) is 10.9. The average Bonchev–Trinajstić information content (AvgIpc) is 2.59. The summed E-state index contributed by atoms with van der Waals surface area (Å²) in [7, 11) is 0. The summed E-state index contributed by atoms with van der Waals surface area (Å²) in [5.74, 6) is 0. The van der Waals surface area contributed by atoms with Crippen molar-refractivity contribution in [3.63, 3.8) is 0 Å². The predicted octanol–water partition coefficient (Wildman–Crippen LogP) is 4.61. The second-order valence-corrected chi connectivity index (χ2v) is 6.21. The van der Waals surface area contributed by atoms with Crippen LogP contribution in [0.4, 0.5) is 0 Å². The van der Waals surface area contributed by atoms with Crippen LogP contribution in [0.5, 0.6) is 0 Å². The van der Waals surface area contributed by atoms with Crippen molar-refractivity contribution in [3.8, 4) is 0 Å². The van der Waals surface area contributed by atoms with Gasteiger partial charge in [0.2, 0.25) is 0 Å². The Kier molecular flexibility index (Phi) is 9.60.